The number of rotatable bonds is 22. The van der Waals surface area contributed by atoms with Gasteiger partial charge in [-0.15, -0.1) is 0 Å². The van der Waals surface area contributed by atoms with Crippen molar-refractivity contribution in [1.82, 2.24) is 0 Å². The molecule has 0 spiro atoms. The predicted octanol–water partition coefficient (Wildman–Crippen LogP) is 7.89. The number of hydrogen-bond donors (Lipinski definition) is 1. The summed E-state index contributed by atoms with van der Waals surface area (Å²) in [5.41, 5.74) is 0. The van der Waals surface area contributed by atoms with Crippen molar-refractivity contribution in [1.29, 1.82) is 0 Å². The molecule has 0 aromatic carbocycles. The highest BCUT2D eigenvalue weighted by atomic mass is 16.5. The molecule has 3 heteroatoms. The van der Waals surface area contributed by atoms with E-state index in [1.54, 1.807) is 0 Å². The minimum Gasteiger partial charge on any atom is -0.394 e. The van der Waals surface area contributed by atoms with E-state index in [0.29, 0.717) is 18.4 Å². The first-order valence-corrected chi connectivity index (χ1v) is 13.5. The lowest BCUT2D eigenvalue weighted by Gasteiger charge is -2.19. The standard InChI is InChI=1S/C28H58O3/c1-23(2)11-8-13-25(5)15-10-16-26(6)17-19-30-22-28(21-29)31-20-18-27(7)14-9-12-24(3)4/h23-29H,8-22H2,1-7H3. The second-order valence-corrected chi connectivity index (χ2v) is 11.2. The molecule has 0 bridgehead atoms. The quantitative estimate of drug-likeness (QED) is 0.173. The van der Waals surface area contributed by atoms with Crippen molar-refractivity contribution < 1.29 is 14.6 Å². The van der Waals surface area contributed by atoms with Crippen LogP contribution in [0.15, 0.2) is 0 Å². The summed E-state index contributed by atoms with van der Waals surface area (Å²) in [4.78, 5) is 0. The summed E-state index contributed by atoms with van der Waals surface area (Å²) in [5.74, 6) is 3.90. The van der Waals surface area contributed by atoms with Crippen molar-refractivity contribution in [3.8, 4) is 0 Å². The molecule has 4 unspecified atom stereocenters. The fourth-order valence-corrected chi connectivity index (χ4v) is 4.09. The van der Waals surface area contributed by atoms with Gasteiger partial charge in [0, 0.05) is 13.2 Å². The van der Waals surface area contributed by atoms with Crippen LogP contribution in [0.4, 0.5) is 0 Å². The van der Waals surface area contributed by atoms with Crippen molar-refractivity contribution in [2.75, 3.05) is 26.4 Å². The monoisotopic (exact) mass is 442 g/mol. The Balaban J connectivity index is 3.68. The van der Waals surface area contributed by atoms with Crippen molar-refractivity contribution in [3.05, 3.63) is 0 Å². The molecule has 0 heterocycles. The van der Waals surface area contributed by atoms with Gasteiger partial charge < -0.3 is 14.6 Å². The summed E-state index contributed by atoms with van der Waals surface area (Å²) >= 11 is 0. The summed E-state index contributed by atoms with van der Waals surface area (Å²) in [7, 11) is 0. The third-order valence-electron chi connectivity index (χ3n) is 6.58. The Hall–Kier alpha value is -0.120. The zero-order valence-corrected chi connectivity index (χ0v) is 22.3. The van der Waals surface area contributed by atoms with Gasteiger partial charge in [0.15, 0.2) is 0 Å². The zero-order chi connectivity index (χ0) is 23.5. The van der Waals surface area contributed by atoms with Crippen LogP contribution < -0.4 is 0 Å². The van der Waals surface area contributed by atoms with Crippen molar-refractivity contribution in [2.24, 2.45) is 29.6 Å². The van der Waals surface area contributed by atoms with Crippen LogP contribution >= 0.6 is 0 Å². The molecular formula is C28H58O3. The highest BCUT2D eigenvalue weighted by Crippen LogP contribution is 2.20. The number of hydrogen-bond acceptors (Lipinski definition) is 3. The van der Waals surface area contributed by atoms with Gasteiger partial charge >= 0.3 is 0 Å². The second-order valence-electron chi connectivity index (χ2n) is 11.2. The van der Waals surface area contributed by atoms with Crippen LogP contribution in [0.25, 0.3) is 0 Å². The van der Waals surface area contributed by atoms with Gasteiger partial charge in [0.2, 0.25) is 0 Å². The maximum atomic E-state index is 9.56. The normalized spacial score (nSPS) is 16.1. The average Bonchev–Trinajstić information content (AvgIpc) is 2.69. The molecule has 0 aromatic heterocycles. The lowest BCUT2D eigenvalue weighted by molar-refractivity contribution is -0.0471. The highest BCUT2D eigenvalue weighted by Gasteiger charge is 2.11. The lowest BCUT2D eigenvalue weighted by atomic mass is 9.93. The van der Waals surface area contributed by atoms with Gasteiger partial charge in [0.25, 0.3) is 0 Å². The molecule has 1 N–H and O–H groups in total. The first-order valence-electron chi connectivity index (χ1n) is 13.5. The van der Waals surface area contributed by atoms with E-state index in [2.05, 4.69) is 48.5 Å². The van der Waals surface area contributed by atoms with Gasteiger partial charge in [0.05, 0.1) is 13.2 Å². The molecule has 0 radical (unpaired) electrons. The topological polar surface area (TPSA) is 38.7 Å². The van der Waals surface area contributed by atoms with E-state index >= 15 is 0 Å². The van der Waals surface area contributed by atoms with E-state index in [-0.39, 0.29) is 12.7 Å². The van der Waals surface area contributed by atoms with Crippen LogP contribution in [0.2, 0.25) is 0 Å². The minimum atomic E-state index is -0.176. The molecule has 0 aliphatic rings. The molecule has 0 amide bonds. The number of ether oxygens (including phenoxy) is 2. The number of aliphatic hydroxyl groups excluding tert-OH is 1. The Labute approximate surface area is 196 Å². The van der Waals surface area contributed by atoms with Gasteiger partial charge in [-0.05, 0) is 42.4 Å². The molecule has 0 fully saturated rings. The van der Waals surface area contributed by atoms with E-state index in [0.717, 1.165) is 43.8 Å². The van der Waals surface area contributed by atoms with E-state index in [1.165, 1.54) is 57.8 Å². The largest absolute Gasteiger partial charge is 0.394 e. The van der Waals surface area contributed by atoms with Crippen LogP contribution in [0, 0.1) is 29.6 Å². The Morgan fingerprint density at radius 3 is 1.42 bits per heavy atom. The molecule has 0 aliphatic heterocycles. The van der Waals surface area contributed by atoms with Crippen molar-refractivity contribution >= 4 is 0 Å². The molecule has 0 saturated heterocycles. The molecular weight excluding hydrogens is 384 g/mol. The SMILES string of the molecule is CC(C)CCCC(C)CCCC(C)CCOCC(CO)OCCC(C)CCCC(C)C. The van der Waals surface area contributed by atoms with E-state index < -0.39 is 0 Å². The van der Waals surface area contributed by atoms with E-state index in [1.807, 2.05) is 0 Å². The van der Waals surface area contributed by atoms with Gasteiger partial charge in [-0.2, -0.15) is 0 Å². The van der Waals surface area contributed by atoms with Gasteiger partial charge in [0.1, 0.15) is 6.10 Å². The minimum absolute atomic E-state index is 0.0476. The Morgan fingerprint density at radius 2 is 0.968 bits per heavy atom. The van der Waals surface area contributed by atoms with Crippen molar-refractivity contribution in [3.63, 3.8) is 0 Å². The molecule has 4 atom stereocenters. The fraction of sp³-hybridized carbons (Fsp3) is 1.00. The predicted molar refractivity (Wildman–Crippen MR) is 136 cm³/mol. The van der Waals surface area contributed by atoms with E-state index in [9.17, 15) is 5.11 Å². The van der Waals surface area contributed by atoms with Crippen LogP contribution in [-0.2, 0) is 9.47 Å². The smallest absolute Gasteiger partial charge is 0.104 e. The Kier molecular flexibility index (Phi) is 20.4. The van der Waals surface area contributed by atoms with Gasteiger partial charge in [-0.3, -0.25) is 0 Å². The average molecular weight is 443 g/mol. The molecule has 0 rings (SSSR count). The first-order chi connectivity index (χ1) is 14.7. The zero-order valence-electron chi connectivity index (χ0n) is 22.3. The molecule has 3 nitrogen and oxygen atoms in total. The molecule has 188 valence electrons. The van der Waals surface area contributed by atoms with Crippen LogP contribution in [-0.4, -0.2) is 37.6 Å². The summed E-state index contributed by atoms with van der Waals surface area (Å²) < 4.78 is 11.7. The van der Waals surface area contributed by atoms with Gasteiger partial charge in [-0.1, -0.05) is 106 Å². The molecule has 0 saturated carbocycles. The summed E-state index contributed by atoms with van der Waals surface area (Å²) in [6.45, 7) is 18.3. The summed E-state index contributed by atoms with van der Waals surface area (Å²) in [5, 5.41) is 9.56. The van der Waals surface area contributed by atoms with E-state index in [4.69, 9.17) is 9.47 Å². The summed E-state index contributed by atoms with van der Waals surface area (Å²) in [6.07, 6.45) is 14.0. The van der Waals surface area contributed by atoms with Crippen molar-refractivity contribution in [2.45, 2.75) is 125 Å². The van der Waals surface area contributed by atoms with Crippen LogP contribution in [0.5, 0.6) is 0 Å². The van der Waals surface area contributed by atoms with Crippen LogP contribution in [0.3, 0.4) is 0 Å². The third-order valence-corrected chi connectivity index (χ3v) is 6.58. The van der Waals surface area contributed by atoms with Crippen LogP contribution in [0.1, 0.15) is 119 Å². The first kappa shape index (κ1) is 30.9. The summed E-state index contributed by atoms with van der Waals surface area (Å²) in [6, 6.07) is 0. The lowest BCUT2D eigenvalue weighted by Crippen LogP contribution is -2.25. The third kappa shape index (κ3) is 21.5. The second kappa shape index (κ2) is 20.5. The number of aliphatic hydroxyl groups is 1. The maximum absolute atomic E-state index is 9.56. The Morgan fingerprint density at radius 1 is 0.548 bits per heavy atom. The molecule has 0 aromatic rings. The molecule has 31 heavy (non-hydrogen) atoms. The Bertz CT molecular complexity index is 369. The molecule has 0 aliphatic carbocycles. The van der Waals surface area contributed by atoms with Gasteiger partial charge in [-0.25, -0.2) is 0 Å². The fourth-order valence-electron chi connectivity index (χ4n) is 4.09. The highest BCUT2D eigenvalue weighted by molar-refractivity contribution is 4.61. The maximum Gasteiger partial charge on any atom is 0.104 e.